The van der Waals surface area contributed by atoms with Gasteiger partial charge >= 0.3 is 0 Å². The number of nitrogens with zero attached hydrogens (tertiary/aromatic N) is 1. The van der Waals surface area contributed by atoms with E-state index in [9.17, 15) is 9.18 Å². The third kappa shape index (κ3) is 3.50. The van der Waals surface area contributed by atoms with Gasteiger partial charge in [-0.15, -0.1) is 0 Å². The molecule has 0 saturated carbocycles. The molecule has 26 heavy (non-hydrogen) atoms. The van der Waals surface area contributed by atoms with Gasteiger partial charge in [-0.1, -0.05) is 24.3 Å². The molecule has 2 saturated heterocycles. The van der Waals surface area contributed by atoms with E-state index in [4.69, 9.17) is 4.74 Å². The lowest BCUT2D eigenvalue weighted by Crippen LogP contribution is -2.57. The van der Waals surface area contributed by atoms with Gasteiger partial charge in [0.1, 0.15) is 5.82 Å². The fraction of sp³-hybridized carbons (Fsp3) is 0.381. The molecule has 2 aliphatic rings. The predicted molar refractivity (Wildman–Crippen MR) is 98.5 cm³/mol. The number of morpholine rings is 1. The van der Waals surface area contributed by atoms with Gasteiger partial charge in [0, 0.05) is 12.1 Å². The molecule has 4 nitrogen and oxygen atoms in total. The molecule has 2 aliphatic heterocycles. The van der Waals surface area contributed by atoms with Gasteiger partial charge < -0.3 is 15.0 Å². The van der Waals surface area contributed by atoms with Gasteiger partial charge in [0.15, 0.2) is 0 Å². The minimum Gasteiger partial charge on any atom is -0.371 e. The SMILES string of the molecule is O=C(c1ccc(-c2cccc(F)c2)cc1)N1CCOC2(CCNCC2)C1. The van der Waals surface area contributed by atoms with Gasteiger partial charge in [-0.2, -0.15) is 0 Å². The lowest BCUT2D eigenvalue weighted by atomic mass is 9.90. The van der Waals surface area contributed by atoms with Crippen molar-refractivity contribution in [2.75, 3.05) is 32.8 Å². The molecular weight excluding hydrogens is 331 g/mol. The molecule has 2 fully saturated rings. The smallest absolute Gasteiger partial charge is 0.254 e. The number of amides is 1. The van der Waals surface area contributed by atoms with Crippen LogP contribution in [0.25, 0.3) is 11.1 Å². The first-order valence-corrected chi connectivity index (χ1v) is 9.15. The van der Waals surface area contributed by atoms with Crippen LogP contribution in [0.3, 0.4) is 0 Å². The standard InChI is InChI=1S/C21H23FN2O2/c22-19-3-1-2-18(14-19)16-4-6-17(7-5-16)20(25)24-12-13-26-21(15-24)8-10-23-11-9-21/h1-7,14,23H,8-13,15H2. The Morgan fingerprint density at radius 2 is 1.85 bits per heavy atom. The highest BCUT2D eigenvalue weighted by Crippen LogP contribution is 2.28. The fourth-order valence-corrected chi connectivity index (χ4v) is 3.86. The second-order valence-corrected chi connectivity index (χ2v) is 7.10. The summed E-state index contributed by atoms with van der Waals surface area (Å²) in [5, 5.41) is 3.35. The highest BCUT2D eigenvalue weighted by Gasteiger charge is 2.39. The number of carbonyl (C=O) groups excluding carboxylic acids is 1. The van der Waals surface area contributed by atoms with Crippen LogP contribution in [-0.2, 0) is 4.74 Å². The molecule has 2 heterocycles. The van der Waals surface area contributed by atoms with Crippen LogP contribution in [0.4, 0.5) is 4.39 Å². The van der Waals surface area contributed by atoms with E-state index in [1.165, 1.54) is 12.1 Å². The quantitative estimate of drug-likeness (QED) is 0.901. The van der Waals surface area contributed by atoms with Crippen LogP contribution in [-0.4, -0.2) is 49.2 Å². The average molecular weight is 354 g/mol. The Kier molecular flexibility index (Phi) is 4.74. The van der Waals surface area contributed by atoms with Crippen LogP contribution in [0.15, 0.2) is 48.5 Å². The molecule has 0 radical (unpaired) electrons. The number of hydrogen-bond donors (Lipinski definition) is 1. The zero-order chi connectivity index (χ0) is 18.0. The summed E-state index contributed by atoms with van der Waals surface area (Å²) in [4.78, 5) is 14.8. The first-order chi connectivity index (χ1) is 12.7. The normalized spacial score (nSPS) is 19.5. The predicted octanol–water partition coefficient (Wildman–Crippen LogP) is 3.09. The minimum absolute atomic E-state index is 0.0389. The lowest BCUT2D eigenvalue weighted by molar-refractivity contribution is -0.114. The fourth-order valence-electron chi connectivity index (χ4n) is 3.86. The number of benzene rings is 2. The Balaban J connectivity index is 1.49. The molecule has 2 aromatic rings. The molecule has 0 aliphatic carbocycles. The molecule has 0 aromatic heterocycles. The molecule has 1 amide bonds. The summed E-state index contributed by atoms with van der Waals surface area (Å²) < 4.78 is 19.4. The first-order valence-electron chi connectivity index (χ1n) is 9.15. The highest BCUT2D eigenvalue weighted by atomic mass is 19.1. The van der Waals surface area contributed by atoms with Gasteiger partial charge in [-0.3, -0.25) is 4.79 Å². The molecule has 0 unspecified atom stereocenters. The largest absolute Gasteiger partial charge is 0.371 e. The summed E-state index contributed by atoms with van der Waals surface area (Å²) in [6.07, 6.45) is 1.88. The van der Waals surface area contributed by atoms with E-state index >= 15 is 0 Å². The van der Waals surface area contributed by atoms with Crippen LogP contribution >= 0.6 is 0 Å². The van der Waals surface area contributed by atoms with Crippen LogP contribution in [0.2, 0.25) is 0 Å². The van der Waals surface area contributed by atoms with Gasteiger partial charge in [0.2, 0.25) is 0 Å². The van der Waals surface area contributed by atoms with Crippen molar-refractivity contribution < 1.29 is 13.9 Å². The summed E-state index contributed by atoms with van der Waals surface area (Å²) in [6, 6.07) is 13.9. The second kappa shape index (κ2) is 7.17. The summed E-state index contributed by atoms with van der Waals surface area (Å²) >= 11 is 0. The molecule has 136 valence electrons. The Morgan fingerprint density at radius 1 is 1.08 bits per heavy atom. The summed E-state index contributed by atoms with van der Waals surface area (Å²) in [5.74, 6) is -0.222. The Hall–Kier alpha value is -2.24. The van der Waals surface area contributed by atoms with Crippen molar-refractivity contribution in [2.24, 2.45) is 0 Å². The van der Waals surface area contributed by atoms with E-state index in [1.807, 2.05) is 35.2 Å². The van der Waals surface area contributed by atoms with Crippen molar-refractivity contribution in [3.63, 3.8) is 0 Å². The van der Waals surface area contributed by atoms with Crippen LogP contribution in [0.1, 0.15) is 23.2 Å². The highest BCUT2D eigenvalue weighted by molar-refractivity contribution is 5.94. The van der Waals surface area contributed by atoms with Crippen molar-refractivity contribution >= 4 is 5.91 Å². The zero-order valence-electron chi connectivity index (χ0n) is 14.7. The molecule has 4 rings (SSSR count). The van der Waals surface area contributed by atoms with Gasteiger partial charge in [-0.05, 0) is 61.3 Å². The third-order valence-corrected chi connectivity index (χ3v) is 5.34. The summed E-state index contributed by atoms with van der Waals surface area (Å²) in [5.41, 5.74) is 2.18. The average Bonchev–Trinajstić information content (AvgIpc) is 2.68. The van der Waals surface area contributed by atoms with Crippen molar-refractivity contribution in [2.45, 2.75) is 18.4 Å². The molecule has 0 atom stereocenters. The number of piperidine rings is 1. The second-order valence-electron chi connectivity index (χ2n) is 7.10. The molecular formula is C21H23FN2O2. The summed E-state index contributed by atoms with van der Waals surface area (Å²) in [6.45, 7) is 3.74. The number of nitrogens with one attached hydrogen (secondary N) is 1. The van der Waals surface area contributed by atoms with E-state index in [0.717, 1.165) is 37.1 Å². The van der Waals surface area contributed by atoms with E-state index in [-0.39, 0.29) is 17.3 Å². The van der Waals surface area contributed by atoms with E-state index in [1.54, 1.807) is 6.07 Å². The minimum atomic E-state index is -0.261. The Bertz CT molecular complexity index is 779. The molecule has 0 bridgehead atoms. The molecule has 1 spiro atoms. The van der Waals surface area contributed by atoms with E-state index in [2.05, 4.69) is 5.32 Å². The number of halogens is 1. The number of ether oxygens (including phenoxy) is 1. The molecule has 1 N–H and O–H groups in total. The maximum Gasteiger partial charge on any atom is 0.254 e. The van der Waals surface area contributed by atoms with E-state index in [0.29, 0.717) is 25.3 Å². The van der Waals surface area contributed by atoms with Crippen molar-refractivity contribution in [1.82, 2.24) is 10.2 Å². The number of carbonyl (C=O) groups is 1. The third-order valence-electron chi connectivity index (χ3n) is 5.34. The first kappa shape index (κ1) is 17.2. The van der Waals surface area contributed by atoms with Gasteiger partial charge in [0.25, 0.3) is 5.91 Å². The number of hydrogen-bond acceptors (Lipinski definition) is 3. The van der Waals surface area contributed by atoms with Crippen LogP contribution in [0, 0.1) is 5.82 Å². The van der Waals surface area contributed by atoms with Crippen molar-refractivity contribution in [3.05, 3.63) is 59.9 Å². The monoisotopic (exact) mass is 354 g/mol. The zero-order valence-corrected chi connectivity index (χ0v) is 14.7. The molecule has 2 aromatic carbocycles. The maximum absolute atomic E-state index is 13.4. The van der Waals surface area contributed by atoms with Crippen molar-refractivity contribution in [3.8, 4) is 11.1 Å². The Labute approximate surface area is 153 Å². The van der Waals surface area contributed by atoms with Crippen molar-refractivity contribution in [1.29, 1.82) is 0 Å². The maximum atomic E-state index is 13.4. The lowest BCUT2D eigenvalue weighted by Gasteiger charge is -2.45. The van der Waals surface area contributed by atoms with Gasteiger partial charge in [0.05, 0.1) is 18.8 Å². The van der Waals surface area contributed by atoms with E-state index < -0.39 is 0 Å². The molecule has 5 heteroatoms. The Morgan fingerprint density at radius 3 is 2.58 bits per heavy atom. The number of rotatable bonds is 2. The van der Waals surface area contributed by atoms with Crippen LogP contribution < -0.4 is 5.32 Å². The van der Waals surface area contributed by atoms with Gasteiger partial charge in [-0.25, -0.2) is 4.39 Å². The topological polar surface area (TPSA) is 41.6 Å². The van der Waals surface area contributed by atoms with Crippen LogP contribution in [0.5, 0.6) is 0 Å². The summed E-state index contributed by atoms with van der Waals surface area (Å²) in [7, 11) is 0.